The van der Waals surface area contributed by atoms with Gasteiger partial charge in [0.1, 0.15) is 22.9 Å². The summed E-state index contributed by atoms with van der Waals surface area (Å²) in [7, 11) is 0. The van der Waals surface area contributed by atoms with E-state index in [0.29, 0.717) is 0 Å². The second kappa shape index (κ2) is 4.87. The van der Waals surface area contributed by atoms with Crippen LogP contribution in [0.1, 0.15) is 38.1 Å². The Bertz CT molecular complexity index is 995. The van der Waals surface area contributed by atoms with Gasteiger partial charge in [0.2, 0.25) is 0 Å². The van der Waals surface area contributed by atoms with Gasteiger partial charge in [0.05, 0.1) is 5.41 Å². The average molecular weight is 306 g/mol. The highest BCUT2D eigenvalue weighted by molar-refractivity contribution is 5.77. The molecule has 0 aliphatic carbocycles. The van der Waals surface area contributed by atoms with Crippen molar-refractivity contribution in [1.29, 1.82) is 0 Å². The van der Waals surface area contributed by atoms with Crippen LogP contribution in [0, 0.1) is 0 Å². The van der Waals surface area contributed by atoms with Crippen molar-refractivity contribution in [3.63, 3.8) is 0 Å². The summed E-state index contributed by atoms with van der Waals surface area (Å²) in [6, 6.07) is 4.05. The summed E-state index contributed by atoms with van der Waals surface area (Å²) >= 11 is 0. The molecule has 0 aromatic carbocycles. The summed E-state index contributed by atoms with van der Waals surface area (Å²) in [6.45, 7) is 6.26. The van der Waals surface area contributed by atoms with Crippen molar-refractivity contribution >= 4 is 22.1 Å². The molecular weight excluding hydrogens is 288 g/mol. The van der Waals surface area contributed by atoms with Crippen LogP contribution in [0.4, 0.5) is 0 Å². The van der Waals surface area contributed by atoms with Crippen LogP contribution >= 0.6 is 0 Å². The molecule has 6 nitrogen and oxygen atoms in total. The first-order valence-electron chi connectivity index (χ1n) is 7.73. The normalized spacial score (nSPS) is 12.3. The minimum atomic E-state index is -0.355. The molecule has 2 N–H and O–H groups in total. The van der Waals surface area contributed by atoms with E-state index in [1.54, 1.807) is 0 Å². The molecule has 0 unspecified atom stereocenters. The standard InChI is InChI=1S/C17H18N6/c1-4-13-19-9-11-7-12(21-15(11)22-13)17(2,3)16-20-8-10-5-6-18-14(10)23-16/h5-9H,4H2,1-3H3,(H,18,20,23)(H,19,21,22). The minimum Gasteiger partial charge on any atom is -0.346 e. The van der Waals surface area contributed by atoms with Crippen LogP contribution in [0.15, 0.2) is 30.7 Å². The fraction of sp³-hybridized carbons (Fsp3) is 0.294. The summed E-state index contributed by atoms with van der Waals surface area (Å²) in [4.78, 5) is 24.7. The third kappa shape index (κ3) is 2.18. The molecule has 6 heteroatoms. The maximum Gasteiger partial charge on any atom is 0.142 e. The molecule has 116 valence electrons. The van der Waals surface area contributed by atoms with Gasteiger partial charge in [-0.2, -0.15) is 0 Å². The van der Waals surface area contributed by atoms with E-state index in [1.165, 1.54) is 0 Å². The van der Waals surface area contributed by atoms with Crippen molar-refractivity contribution in [2.45, 2.75) is 32.6 Å². The van der Waals surface area contributed by atoms with Crippen LogP contribution in [0.3, 0.4) is 0 Å². The average Bonchev–Trinajstić information content (AvgIpc) is 3.19. The van der Waals surface area contributed by atoms with E-state index in [1.807, 2.05) is 31.6 Å². The topological polar surface area (TPSA) is 83.1 Å². The fourth-order valence-corrected chi connectivity index (χ4v) is 2.72. The molecule has 4 aromatic rings. The molecule has 0 saturated heterocycles. The SMILES string of the molecule is CCc1ncc2cc(C(C)(C)c3ncc4cc[nH]c4n3)[nH]c2n1. The van der Waals surface area contributed by atoms with Gasteiger partial charge in [0.25, 0.3) is 0 Å². The number of rotatable bonds is 3. The van der Waals surface area contributed by atoms with Crippen molar-refractivity contribution < 1.29 is 0 Å². The number of hydrogen-bond donors (Lipinski definition) is 2. The first kappa shape index (κ1) is 13.9. The molecule has 0 aliphatic rings. The summed E-state index contributed by atoms with van der Waals surface area (Å²) in [6.07, 6.45) is 6.42. The first-order chi connectivity index (χ1) is 11.1. The van der Waals surface area contributed by atoms with E-state index in [-0.39, 0.29) is 5.41 Å². The van der Waals surface area contributed by atoms with Crippen LogP contribution in [-0.4, -0.2) is 29.9 Å². The van der Waals surface area contributed by atoms with Gasteiger partial charge in [-0.15, -0.1) is 0 Å². The zero-order valence-corrected chi connectivity index (χ0v) is 13.4. The number of hydrogen-bond acceptors (Lipinski definition) is 4. The quantitative estimate of drug-likeness (QED) is 0.609. The van der Waals surface area contributed by atoms with Gasteiger partial charge in [-0.3, -0.25) is 0 Å². The number of nitrogens with one attached hydrogen (secondary N) is 2. The summed E-state index contributed by atoms with van der Waals surface area (Å²) in [5.41, 5.74) is 2.39. The molecule has 0 radical (unpaired) electrons. The van der Waals surface area contributed by atoms with E-state index in [4.69, 9.17) is 0 Å². The second-order valence-electron chi connectivity index (χ2n) is 6.23. The van der Waals surface area contributed by atoms with Gasteiger partial charge in [-0.25, -0.2) is 19.9 Å². The number of aromatic nitrogens is 6. The van der Waals surface area contributed by atoms with Crippen LogP contribution < -0.4 is 0 Å². The first-order valence-corrected chi connectivity index (χ1v) is 7.73. The van der Waals surface area contributed by atoms with Crippen LogP contribution in [-0.2, 0) is 11.8 Å². The number of aromatic amines is 2. The number of nitrogens with zero attached hydrogens (tertiary/aromatic N) is 4. The molecule has 4 heterocycles. The van der Waals surface area contributed by atoms with Crippen molar-refractivity contribution in [2.24, 2.45) is 0 Å². The van der Waals surface area contributed by atoms with Crippen LogP contribution in [0.5, 0.6) is 0 Å². The molecule has 0 aliphatic heterocycles. The Morgan fingerprint density at radius 3 is 2.70 bits per heavy atom. The molecule has 0 fully saturated rings. The summed E-state index contributed by atoms with van der Waals surface area (Å²) in [5.74, 6) is 1.61. The Morgan fingerprint density at radius 2 is 1.87 bits per heavy atom. The fourth-order valence-electron chi connectivity index (χ4n) is 2.72. The second-order valence-corrected chi connectivity index (χ2v) is 6.23. The Hall–Kier alpha value is -2.76. The maximum absolute atomic E-state index is 4.66. The molecule has 0 saturated carbocycles. The lowest BCUT2D eigenvalue weighted by Crippen LogP contribution is -2.22. The Morgan fingerprint density at radius 1 is 1.04 bits per heavy atom. The molecule has 0 amide bonds. The number of H-pyrrole nitrogens is 2. The van der Waals surface area contributed by atoms with E-state index in [9.17, 15) is 0 Å². The third-order valence-electron chi connectivity index (χ3n) is 4.27. The van der Waals surface area contributed by atoms with Gasteiger partial charge in [0.15, 0.2) is 0 Å². The molecule has 0 bridgehead atoms. The zero-order valence-electron chi connectivity index (χ0n) is 13.4. The van der Waals surface area contributed by atoms with Gasteiger partial charge in [-0.05, 0) is 26.0 Å². The maximum atomic E-state index is 4.66. The third-order valence-corrected chi connectivity index (χ3v) is 4.27. The largest absolute Gasteiger partial charge is 0.346 e. The van der Waals surface area contributed by atoms with Crippen molar-refractivity contribution in [2.75, 3.05) is 0 Å². The molecule has 4 aromatic heterocycles. The van der Waals surface area contributed by atoms with Crippen LogP contribution in [0.2, 0.25) is 0 Å². The predicted octanol–water partition coefficient (Wildman–Crippen LogP) is 3.12. The Labute approximate surface area is 133 Å². The number of fused-ring (bicyclic) bond motifs is 2. The van der Waals surface area contributed by atoms with Gasteiger partial charge < -0.3 is 9.97 Å². The Balaban J connectivity index is 1.83. The van der Waals surface area contributed by atoms with E-state index in [0.717, 1.165) is 45.8 Å². The molecule has 4 rings (SSSR count). The van der Waals surface area contributed by atoms with Gasteiger partial charge in [0, 0.05) is 41.5 Å². The molecule has 23 heavy (non-hydrogen) atoms. The summed E-state index contributed by atoms with van der Waals surface area (Å²) in [5, 5.41) is 2.02. The summed E-state index contributed by atoms with van der Waals surface area (Å²) < 4.78 is 0. The highest BCUT2D eigenvalue weighted by atomic mass is 15.0. The lowest BCUT2D eigenvalue weighted by atomic mass is 9.88. The molecule has 0 atom stereocenters. The van der Waals surface area contributed by atoms with Crippen molar-refractivity contribution in [1.82, 2.24) is 29.9 Å². The predicted molar refractivity (Wildman–Crippen MR) is 89.3 cm³/mol. The monoisotopic (exact) mass is 306 g/mol. The highest BCUT2D eigenvalue weighted by Gasteiger charge is 2.29. The van der Waals surface area contributed by atoms with E-state index in [2.05, 4.69) is 49.8 Å². The van der Waals surface area contributed by atoms with Gasteiger partial charge >= 0.3 is 0 Å². The Kier molecular flexibility index (Phi) is 2.94. The number of aryl methyl sites for hydroxylation is 1. The van der Waals surface area contributed by atoms with Gasteiger partial charge in [-0.1, -0.05) is 6.92 Å². The van der Waals surface area contributed by atoms with Crippen molar-refractivity contribution in [3.05, 3.63) is 48.1 Å². The lowest BCUT2D eigenvalue weighted by Gasteiger charge is -2.21. The smallest absolute Gasteiger partial charge is 0.142 e. The molecule has 0 spiro atoms. The highest BCUT2D eigenvalue weighted by Crippen LogP contribution is 2.30. The molecular formula is C17H18N6. The minimum absolute atomic E-state index is 0.355. The lowest BCUT2D eigenvalue weighted by molar-refractivity contribution is 0.578. The van der Waals surface area contributed by atoms with Crippen molar-refractivity contribution in [3.8, 4) is 0 Å². The van der Waals surface area contributed by atoms with E-state index < -0.39 is 0 Å². The van der Waals surface area contributed by atoms with Crippen LogP contribution in [0.25, 0.3) is 22.1 Å². The zero-order chi connectivity index (χ0) is 16.0. The van der Waals surface area contributed by atoms with E-state index >= 15 is 0 Å².